The zero-order valence-corrected chi connectivity index (χ0v) is 10.1. The maximum Gasteiger partial charge on any atom is 0.119 e. The first-order chi connectivity index (χ1) is 8.28. The molecule has 17 heavy (non-hydrogen) atoms. The van der Waals surface area contributed by atoms with Gasteiger partial charge in [0.15, 0.2) is 0 Å². The standard InChI is InChI=1S/C13H19NO3/c1-16-12-2-4-13(5-3-12)17-9-8-14-7-6-11(15)10-14/h2-5,11,15H,6-10H2,1H3/t11-/m1/s1. The Morgan fingerprint density at radius 2 is 2.00 bits per heavy atom. The highest BCUT2D eigenvalue weighted by Crippen LogP contribution is 2.17. The maximum atomic E-state index is 9.38. The van der Waals surface area contributed by atoms with E-state index in [1.807, 2.05) is 24.3 Å². The highest BCUT2D eigenvalue weighted by molar-refractivity contribution is 5.31. The Balaban J connectivity index is 1.70. The second kappa shape index (κ2) is 5.89. The van der Waals surface area contributed by atoms with Crippen LogP contribution in [-0.4, -0.2) is 49.5 Å². The molecule has 1 N–H and O–H groups in total. The second-order valence-corrected chi connectivity index (χ2v) is 4.27. The van der Waals surface area contributed by atoms with Gasteiger partial charge in [0.1, 0.15) is 18.1 Å². The van der Waals surface area contributed by atoms with Crippen molar-refractivity contribution < 1.29 is 14.6 Å². The number of hydrogen-bond acceptors (Lipinski definition) is 4. The van der Waals surface area contributed by atoms with Gasteiger partial charge in [0, 0.05) is 19.6 Å². The van der Waals surface area contributed by atoms with Gasteiger partial charge in [-0.3, -0.25) is 4.90 Å². The Morgan fingerprint density at radius 1 is 1.29 bits per heavy atom. The molecule has 1 aliphatic heterocycles. The fourth-order valence-corrected chi connectivity index (χ4v) is 1.98. The molecule has 1 heterocycles. The summed E-state index contributed by atoms with van der Waals surface area (Å²) in [7, 11) is 1.65. The van der Waals surface area contributed by atoms with E-state index in [-0.39, 0.29) is 6.10 Å². The van der Waals surface area contributed by atoms with Gasteiger partial charge in [0.05, 0.1) is 13.2 Å². The number of rotatable bonds is 5. The Labute approximate surface area is 102 Å². The molecule has 4 nitrogen and oxygen atoms in total. The number of benzene rings is 1. The van der Waals surface area contributed by atoms with Crippen molar-refractivity contribution in [3.05, 3.63) is 24.3 Å². The first-order valence-electron chi connectivity index (χ1n) is 5.95. The number of aliphatic hydroxyl groups excluding tert-OH is 1. The van der Waals surface area contributed by atoms with Crippen molar-refractivity contribution in [3.8, 4) is 11.5 Å². The lowest BCUT2D eigenvalue weighted by Gasteiger charge is -2.15. The van der Waals surface area contributed by atoms with Crippen LogP contribution in [0.15, 0.2) is 24.3 Å². The summed E-state index contributed by atoms with van der Waals surface area (Å²) < 4.78 is 10.7. The maximum absolute atomic E-state index is 9.38. The van der Waals surface area contributed by atoms with Crippen molar-refractivity contribution in [2.75, 3.05) is 33.4 Å². The van der Waals surface area contributed by atoms with Gasteiger partial charge in [-0.15, -0.1) is 0 Å². The lowest BCUT2D eigenvalue weighted by Crippen LogP contribution is -2.27. The number of methoxy groups -OCH3 is 1. The summed E-state index contributed by atoms with van der Waals surface area (Å²) in [5.74, 6) is 1.69. The van der Waals surface area contributed by atoms with Crippen molar-refractivity contribution in [1.29, 1.82) is 0 Å². The highest BCUT2D eigenvalue weighted by Gasteiger charge is 2.19. The van der Waals surface area contributed by atoms with Crippen LogP contribution in [0.25, 0.3) is 0 Å². The lowest BCUT2D eigenvalue weighted by molar-refractivity contribution is 0.167. The first kappa shape index (κ1) is 12.2. The quantitative estimate of drug-likeness (QED) is 0.834. The SMILES string of the molecule is COc1ccc(OCCN2CC[C@@H](O)C2)cc1. The fraction of sp³-hybridized carbons (Fsp3) is 0.538. The molecule has 2 rings (SSSR count). The Bertz CT molecular complexity index is 339. The van der Waals surface area contributed by atoms with E-state index < -0.39 is 0 Å². The Morgan fingerprint density at radius 3 is 2.59 bits per heavy atom. The third-order valence-electron chi connectivity index (χ3n) is 2.98. The molecule has 0 spiro atoms. The number of hydrogen-bond donors (Lipinski definition) is 1. The van der Waals surface area contributed by atoms with Crippen LogP contribution in [0.3, 0.4) is 0 Å². The second-order valence-electron chi connectivity index (χ2n) is 4.27. The average molecular weight is 237 g/mol. The zero-order chi connectivity index (χ0) is 12.1. The monoisotopic (exact) mass is 237 g/mol. The van der Waals surface area contributed by atoms with E-state index in [4.69, 9.17) is 9.47 Å². The van der Waals surface area contributed by atoms with Crippen molar-refractivity contribution in [2.24, 2.45) is 0 Å². The van der Waals surface area contributed by atoms with Gasteiger partial charge >= 0.3 is 0 Å². The van der Waals surface area contributed by atoms with Gasteiger partial charge in [0.25, 0.3) is 0 Å². The number of aliphatic hydroxyl groups is 1. The molecule has 0 unspecified atom stereocenters. The van der Waals surface area contributed by atoms with E-state index >= 15 is 0 Å². The van der Waals surface area contributed by atoms with Crippen LogP contribution in [0.5, 0.6) is 11.5 Å². The molecule has 1 atom stereocenters. The van der Waals surface area contributed by atoms with Gasteiger partial charge in [-0.2, -0.15) is 0 Å². The summed E-state index contributed by atoms with van der Waals surface area (Å²) in [5, 5.41) is 9.38. The van der Waals surface area contributed by atoms with Gasteiger partial charge in [-0.1, -0.05) is 0 Å². The minimum absolute atomic E-state index is 0.156. The van der Waals surface area contributed by atoms with Gasteiger partial charge in [-0.25, -0.2) is 0 Å². The van der Waals surface area contributed by atoms with Crippen molar-refractivity contribution in [1.82, 2.24) is 4.90 Å². The molecular formula is C13H19NO3. The third kappa shape index (κ3) is 3.61. The summed E-state index contributed by atoms with van der Waals surface area (Å²) in [6.07, 6.45) is 0.721. The lowest BCUT2D eigenvalue weighted by atomic mass is 10.3. The molecule has 4 heteroatoms. The molecule has 1 aromatic carbocycles. The largest absolute Gasteiger partial charge is 0.497 e. The minimum Gasteiger partial charge on any atom is -0.497 e. The van der Waals surface area contributed by atoms with Crippen LogP contribution in [0.2, 0.25) is 0 Å². The molecule has 0 saturated carbocycles. The van der Waals surface area contributed by atoms with Crippen molar-refractivity contribution in [3.63, 3.8) is 0 Å². The van der Waals surface area contributed by atoms with E-state index in [9.17, 15) is 5.11 Å². The molecule has 0 aliphatic carbocycles. The van der Waals surface area contributed by atoms with Gasteiger partial charge in [0.2, 0.25) is 0 Å². The number of ether oxygens (including phenoxy) is 2. The molecule has 1 aliphatic rings. The molecule has 0 amide bonds. The first-order valence-corrected chi connectivity index (χ1v) is 5.95. The van der Waals surface area contributed by atoms with E-state index in [2.05, 4.69) is 4.90 Å². The fourth-order valence-electron chi connectivity index (χ4n) is 1.98. The third-order valence-corrected chi connectivity index (χ3v) is 2.98. The van der Waals surface area contributed by atoms with E-state index in [1.165, 1.54) is 0 Å². The Hall–Kier alpha value is -1.26. The van der Waals surface area contributed by atoms with Crippen molar-refractivity contribution >= 4 is 0 Å². The molecule has 0 bridgehead atoms. The van der Waals surface area contributed by atoms with Crippen LogP contribution in [0.4, 0.5) is 0 Å². The van der Waals surface area contributed by atoms with Gasteiger partial charge in [-0.05, 0) is 30.7 Å². The Kier molecular flexibility index (Phi) is 4.23. The van der Waals surface area contributed by atoms with E-state index in [1.54, 1.807) is 7.11 Å². The minimum atomic E-state index is -0.156. The molecule has 94 valence electrons. The summed E-state index contributed by atoms with van der Waals surface area (Å²) in [6.45, 7) is 3.25. The summed E-state index contributed by atoms with van der Waals surface area (Å²) in [5.41, 5.74) is 0. The summed E-state index contributed by atoms with van der Waals surface area (Å²) in [6, 6.07) is 7.57. The highest BCUT2D eigenvalue weighted by atomic mass is 16.5. The van der Waals surface area contributed by atoms with Crippen molar-refractivity contribution in [2.45, 2.75) is 12.5 Å². The normalized spacial score (nSPS) is 20.5. The molecule has 1 saturated heterocycles. The number of β-amino-alcohol motifs (C(OH)–C–C–N with tert-alkyl or cyclic N) is 1. The smallest absolute Gasteiger partial charge is 0.119 e. The topological polar surface area (TPSA) is 41.9 Å². The van der Waals surface area contributed by atoms with E-state index in [0.29, 0.717) is 6.61 Å². The zero-order valence-electron chi connectivity index (χ0n) is 10.1. The molecule has 0 aromatic heterocycles. The molecular weight excluding hydrogens is 218 g/mol. The van der Waals surface area contributed by atoms with Crippen LogP contribution in [0, 0.1) is 0 Å². The molecule has 1 aromatic rings. The molecule has 0 radical (unpaired) electrons. The number of nitrogens with zero attached hydrogens (tertiary/aromatic N) is 1. The average Bonchev–Trinajstić information content (AvgIpc) is 2.76. The van der Waals surface area contributed by atoms with E-state index in [0.717, 1.165) is 37.6 Å². The molecule has 1 fully saturated rings. The van der Waals surface area contributed by atoms with Crippen LogP contribution >= 0.6 is 0 Å². The van der Waals surface area contributed by atoms with Crippen LogP contribution < -0.4 is 9.47 Å². The number of likely N-dealkylation sites (tertiary alicyclic amines) is 1. The van der Waals surface area contributed by atoms with Crippen LogP contribution in [-0.2, 0) is 0 Å². The van der Waals surface area contributed by atoms with Gasteiger partial charge < -0.3 is 14.6 Å². The van der Waals surface area contributed by atoms with Crippen LogP contribution in [0.1, 0.15) is 6.42 Å². The predicted molar refractivity (Wildman–Crippen MR) is 65.6 cm³/mol. The summed E-state index contributed by atoms with van der Waals surface area (Å²) >= 11 is 0. The summed E-state index contributed by atoms with van der Waals surface area (Å²) in [4.78, 5) is 2.22. The predicted octanol–water partition coefficient (Wildman–Crippen LogP) is 1.14.